The van der Waals surface area contributed by atoms with Gasteiger partial charge in [0.25, 0.3) is 0 Å². The molecule has 0 saturated heterocycles. The Morgan fingerprint density at radius 1 is 1.33 bits per heavy atom. The fraction of sp³-hybridized carbons (Fsp3) is 0.429. The number of nitrogens with one attached hydrogen (secondary N) is 2. The molecule has 114 valence electrons. The number of carbonyl (C=O) groups is 2. The number of amides is 3. The van der Waals surface area contributed by atoms with Crippen LogP contribution in [0.5, 0.6) is 0 Å². The largest absolute Gasteiger partial charge is 0.398 e. The lowest BCUT2D eigenvalue weighted by atomic mass is 10.2. The van der Waals surface area contributed by atoms with Crippen molar-refractivity contribution in [3.63, 3.8) is 0 Å². The number of nitrogens with two attached hydrogens (primary N) is 1. The van der Waals surface area contributed by atoms with Gasteiger partial charge in [-0.15, -0.1) is 11.8 Å². The summed E-state index contributed by atoms with van der Waals surface area (Å²) in [5.74, 6) is -0.277. The molecule has 21 heavy (non-hydrogen) atoms. The fourth-order valence-electron chi connectivity index (χ4n) is 2.27. The minimum atomic E-state index is -0.431. The Labute approximate surface area is 133 Å². The molecule has 1 aromatic rings. The Morgan fingerprint density at radius 3 is 2.71 bits per heavy atom. The highest BCUT2D eigenvalue weighted by atomic mass is 35.5. The fourth-order valence-corrected chi connectivity index (χ4v) is 3.40. The average molecular weight is 328 g/mol. The van der Waals surface area contributed by atoms with Crippen molar-refractivity contribution in [1.29, 1.82) is 0 Å². The summed E-state index contributed by atoms with van der Waals surface area (Å²) in [7, 11) is 0. The molecule has 1 aliphatic carbocycles. The van der Waals surface area contributed by atoms with Crippen LogP contribution in [0.15, 0.2) is 23.1 Å². The van der Waals surface area contributed by atoms with Gasteiger partial charge in [-0.05, 0) is 25.0 Å². The topological polar surface area (TPSA) is 84.2 Å². The predicted octanol–water partition coefficient (Wildman–Crippen LogP) is 2.78. The molecule has 1 saturated carbocycles. The molecule has 0 spiro atoms. The second kappa shape index (κ2) is 7.56. The van der Waals surface area contributed by atoms with E-state index in [1.807, 2.05) is 0 Å². The summed E-state index contributed by atoms with van der Waals surface area (Å²) >= 11 is 7.24. The number of thioether (sulfide) groups is 1. The molecule has 0 aliphatic heterocycles. The SMILES string of the molecule is Nc1cccc(Cl)c1SCC(=O)NC(=O)NC1CCCC1. The molecule has 0 atom stereocenters. The van der Waals surface area contributed by atoms with E-state index in [0.717, 1.165) is 25.7 Å². The Hall–Kier alpha value is -1.40. The zero-order chi connectivity index (χ0) is 15.2. The minimum Gasteiger partial charge on any atom is -0.398 e. The first kappa shape index (κ1) is 16.0. The zero-order valence-corrected chi connectivity index (χ0v) is 13.1. The van der Waals surface area contributed by atoms with Gasteiger partial charge in [-0.3, -0.25) is 10.1 Å². The lowest BCUT2D eigenvalue weighted by Gasteiger charge is -2.12. The third kappa shape index (κ3) is 4.82. The highest BCUT2D eigenvalue weighted by Crippen LogP contribution is 2.32. The van der Waals surface area contributed by atoms with Gasteiger partial charge >= 0.3 is 6.03 Å². The van der Waals surface area contributed by atoms with E-state index >= 15 is 0 Å². The number of carbonyl (C=O) groups excluding carboxylic acids is 2. The van der Waals surface area contributed by atoms with Crippen molar-refractivity contribution in [3.8, 4) is 0 Å². The second-order valence-electron chi connectivity index (χ2n) is 4.95. The maximum absolute atomic E-state index is 11.7. The Kier molecular flexibility index (Phi) is 5.76. The first-order valence-corrected chi connectivity index (χ1v) is 8.20. The predicted molar refractivity (Wildman–Crippen MR) is 85.5 cm³/mol. The first-order valence-electron chi connectivity index (χ1n) is 6.83. The number of halogens is 1. The standard InChI is InChI=1S/C14H18ClN3O2S/c15-10-6-3-7-11(16)13(10)21-8-12(19)18-14(20)17-9-4-1-2-5-9/h3,6-7,9H,1-2,4-5,8,16H2,(H2,17,18,19,20). The molecule has 0 aromatic heterocycles. The second-order valence-corrected chi connectivity index (χ2v) is 6.34. The van der Waals surface area contributed by atoms with Gasteiger partial charge in [-0.2, -0.15) is 0 Å². The normalized spacial score (nSPS) is 14.9. The van der Waals surface area contributed by atoms with E-state index in [-0.39, 0.29) is 17.7 Å². The van der Waals surface area contributed by atoms with E-state index in [0.29, 0.717) is 15.6 Å². The van der Waals surface area contributed by atoms with Crippen LogP contribution >= 0.6 is 23.4 Å². The van der Waals surface area contributed by atoms with Gasteiger partial charge in [0.05, 0.1) is 10.8 Å². The van der Waals surface area contributed by atoms with Crippen molar-refractivity contribution in [1.82, 2.24) is 10.6 Å². The lowest BCUT2D eigenvalue weighted by molar-refractivity contribution is -0.117. The van der Waals surface area contributed by atoms with Gasteiger partial charge in [0.15, 0.2) is 0 Å². The van der Waals surface area contributed by atoms with Crippen molar-refractivity contribution in [2.75, 3.05) is 11.5 Å². The van der Waals surface area contributed by atoms with E-state index in [2.05, 4.69) is 10.6 Å². The maximum Gasteiger partial charge on any atom is 0.321 e. The Bertz CT molecular complexity index is 513. The third-order valence-corrected chi connectivity index (χ3v) is 4.87. The lowest BCUT2D eigenvalue weighted by Crippen LogP contribution is -2.44. The molecule has 1 aliphatic rings. The van der Waals surface area contributed by atoms with Gasteiger partial charge in [0.2, 0.25) is 5.91 Å². The van der Waals surface area contributed by atoms with Crippen LogP contribution in [-0.2, 0) is 4.79 Å². The van der Waals surface area contributed by atoms with Crippen LogP contribution in [0.1, 0.15) is 25.7 Å². The molecular formula is C14H18ClN3O2S. The molecule has 0 unspecified atom stereocenters. The van der Waals surface area contributed by atoms with Gasteiger partial charge in [0.1, 0.15) is 0 Å². The van der Waals surface area contributed by atoms with Crippen LogP contribution in [0, 0.1) is 0 Å². The molecule has 2 rings (SSSR count). The summed E-state index contributed by atoms with van der Waals surface area (Å²) < 4.78 is 0. The molecule has 0 radical (unpaired) electrons. The van der Waals surface area contributed by atoms with Crippen molar-refractivity contribution in [2.45, 2.75) is 36.6 Å². The summed E-state index contributed by atoms with van der Waals surface area (Å²) in [5, 5.41) is 5.63. The summed E-state index contributed by atoms with van der Waals surface area (Å²) in [6.07, 6.45) is 4.21. The van der Waals surface area contributed by atoms with Crippen molar-refractivity contribution < 1.29 is 9.59 Å². The van der Waals surface area contributed by atoms with E-state index < -0.39 is 6.03 Å². The van der Waals surface area contributed by atoms with Crippen LogP contribution in [0.4, 0.5) is 10.5 Å². The Morgan fingerprint density at radius 2 is 2.05 bits per heavy atom. The Balaban J connectivity index is 1.78. The van der Waals surface area contributed by atoms with E-state index in [1.54, 1.807) is 18.2 Å². The number of benzene rings is 1. The monoisotopic (exact) mass is 327 g/mol. The summed E-state index contributed by atoms with van der Waals surface area (Å²) in [4.78, 5) is 24.1. The van der Waals surface area contributed by atoms with Crippen LogP contribution in [0.25, 0.3) is 0 Å². The van der Waals surface area contributed by atoms with Crippen LogP contribution in [-0.4, -0.2) is 23.7 Å². The first-order chi connectivity index (χ1) is 10.1. The van der Waals surface area contributed by atoms with E-state index in [4.69, 9.17) is 17.3 Å². The molecule has 5 nitrogen and oxygen atoms in total. The third-order valence-electron chi connectivity index (χ3n) is 3.29. The highest BCUT2D eigenvalue weighted by molar-refractivity contribution is 8.00. The molecule has 0 heterocycles. The summed E-state index contributed by atoms with van der Waals surface area (Å²) in [5.41, 5.74) is 6.33. The number of imide groups is 1. The molecule has 4 N–H and O–H groups in total. The van der Waals surface area contributed by atoms with E-state index in [9.17, 15) is 9.59 Å². The smallest absolute Gasteiger partial charge is 0.321 e. The van der Waals surface area contributed by atoms with Gasteiger partial charge < -0.3 is 11.1 Å². The molecule has 1 fully saturated rings. The summed E-state index contributed by atoms with van der Waals surface area (Å²) in [6, 6.07) is 4.94. The van der Waals surface area contributed by atoms with Crippen molar-refractivity contribution >= 4 is 41.0 Å². The number of anilines is 1. The van der Waals surface area contributed by atoms with Crippen LogP contribution in [0.2, 0.25) is 5.02 Å². The molecule has 1 aromatic carbocycles. The minimum absolute atomic E-state index is 0.0893. The maximum atomic E-state index is 11.7. The molecular weight excluding hydrogens is 310 g/mol. The molecule has 7 heteroatoms. The number of nitrogen functional groups attached to an aromatic ring is 1. The van der Waals surface area contributed by atoms with Gasteiger partial charge in [-0.25, -0.2) is 4.79 Å². The van der Waals surface area contributed by atoms with Crippen molar-refractivity contribution in [2.24, 2.45) is 0 Å². The number of urea groups is 1. The molecule has 0 bridgehead atoms. The number of hydrogen-bond donors (Lipinski definition) is 3. The molecule has 3 amide bonds. The van der Waals surface area contributed by atoms with Crippen LogP contribution < -0.4 is 16.4 Å². The van der Waals surface area contributed by atoms with Gasteiger partial charge in [-0.1, -0.05) is 30.5 Å². The average Bonchev–Trinajstić information content (AvgIpc) is 2.90. The van der Waals surface area contributed by atoms with E-state index in [1.165, 1.54) is 11.8 Å². The zero-order valence-electron chi connectivity index (χ0n) is 11.5. The van der Waals surface area contributed by atoms with Crippen LogP contribution in [0.3, 0.4) is 0 Å². The highest BCUT2D eigenvalue weighted by Gasteiger charge is 2.18. The van der Waals surface area contributed by atoms with Gasteiger partial charge in [0, 0.05) is 16.6 Å². The number of hydrogen-bond acceptors (Lipinski definition) is 4. The summed E-state index contributed by atoms with van der Waals surface area (Å²) in [6.45, 7) is 0. The quantitative estimate of drug-likeness (QED) is 0.586. The number of rotatable bonds is 4. The van der Waals surface area contributed by atoms with Crippen molar-refractivity contribution in [3.05, 3.63) is 23.2 Å².